The molecule has 1 unspecified atom stereocenters. The lowest BCUT2D eigenvalue weighted by molar-refractivity contribution is 0.266. The van der Waals surface area contributed by atoms with Crippen molar-refractivity contribution in [2.75, 3.05) is 7.05 Å². The van der Waals surface area contributed by atoms with Crippen molar-refractivity contribution in [2.45, 2.75) is 77.8 Å². The van der Waals surface area contributed by atoms with Gasteiger partial charge in [-0.2, -0.15) is 5.10 Å². The minimum absolute atomic E-state index is 0.306. The molecular weight excluding hydrogens is 246 g/mol. The van der Waals surface area contributed by atoms with Crippen molar-refractivity contribution in [3.05, 3.63) is 18.0 Å². The summed E-state index contributed by atoms with van der Waals surface area (Å²) in [4.78, 5) is 0. The molecule has 0 amide bonds. The van der Waals surface area contributed by atoms with Gasteiger partial charge in [-0.1, -0.05) is 40.0 Å². The molecule has 0 spiro atoms. The second-order valence-corrected chi connectivity index (χ2v) is 7.32. The molecule has 1 atom stereocenters. The van der Waals surface area contributed by atoms with E-state index in [1.807, 2.05) is 0 Å². The van der Waals surface area contributed by atoms with Gasteiger partial charge in [0.05, 0.1) is 11.7 Å². The molecular formula is C17H31N3. The van der Waals surface area contributed by atoms with E-state index < -0.39 is 0 Å². The Morgan fingerprint density at radius 1 is 1.30 bits per heavy atom. The molecule has 0 aromatic carbocycles. The summed E-state index contributed by atoms with van der Waals surface area (Å²) < 4.78 is 2.22. The highest BCUT2D eigenvalue weighted by Crippen LogP contribution is 2.28. The minimum Gasteiger partial charge on any atom is -0.316 e. The van der Waals surface area contributed by atoms with E-state index in [9.17, 15) is 0 Å². The minimum atomic E-state index is 0.306. The van der Waals surface area contributed by atoms with Crippen molar-refractivity contribution in [1.82, 2.24) is 15.1 Å². The quantitative estimate of drug-likeness (QED) is 0.883. The number of aryl methyl sites for hydroxylation is 1. The maximum absolute atomic E-state index is 4.81. The van der Waals surface area contributed by atoms with Crippen molar-refractivity contribution in [3.8, 4) is 0 Å². The van der Waals surface area contributed by atoms with Gasteiger partial charge in [0.15, 0.2) is 0 Å². The molecule has 0 radical (unpaired) electrons. The van der Waals surface area contributed by atoms with Crippen LogP contribution in [0, 0.1) is 5.41 Å². The molecule has 1 aliphatic rings. The standard InChI is InChI=1S/C17H31N3/c1-17(2,3)16(18-4)11-10-14-12-13-20(19-14)15-8-6-5-7-9-15/h12-13,15-16,18H,5-11H2,1-4H3. The zero-order valence-corrected chi connectivity index (χ0v) is 13.7. The number of hydrogen-bond donors (Lipinski definition) is 1. The fourth-order valence-corrected chi connectivity index (χ4v) is 3.36. The third kappa shape index (κ3) is 4.08. The Morgan fingerprint density at radius 2 is 2.00 bits per heavy atom. The smallest absolute Gasteiger partial charge is 0.0625 e. The van der Waals surface area contributed by atoms with Crippen LogP contribution < -0.4 is 5.32 Å². The highest BCUT2D eigenvalue weighted by Gasteiger charge is 2.23. The van der Waals surface area contributed by atoms with Crippen LogP contribution in [0.1, 0.15) is 71.0 Å². The highest BCUT2D eigenvalue weighted by molar-refractivity contribution is 5.01. The van der Waals surface area contributed by atoms with E-state index >= 15 is 0 Å². The third-order valence-corrected chi connectivity index (χ3v) is 4.70. The average Bonchev–Trinajstić information content (AvgIpc) is 2.88. The second-order valence-electron chi connectivity index (χ2n) is 7.32. The van der Waals surface area contributed by atoms with E-state index in [2.05, 4.69) is 50.1 Å². The van der Waals surface area contributed by atoms with Crippen LogP contribution in [0.4, 0.5) is 0 Å². The first-order valence-corrected chi connectivity index (χ1v) is 8.22. The summed E-state index contributed by atoms with van der Waals surface area (Å²) in [5.74, 6) is 0. The van der Waals surface area contributed by atoms with E-state index in [-0.39, 0.29) is 0 Å². The summed E-state index contributed by atoms with van der Waals surface area (Å²) in [5, 5.41) is 8.26. The number of nitrogens with zero attached hydrogens (tertiary/aromatic N) is 2. The van der Waals surface area contributed by atoms with Crippen LogP contribution in [0.2, 0.25) is 0 Å². The van der Waals surface area contributed by atoms with Crippen molar-refractivity contribution in [3.63, 3.8) is 0 Å². The zero-order chi connectivity index (χ0) is 14.6. The molecule has 0 saturated heterocycles. The molecule has 1 N–H and O–H groups in total. The van der Waals surface area contributed by atoms with Gasteiger partial charge in [0, 0.05) is 12.2 Å². The second kappa shape index (κ2) is 6.75. The van der Waals surface area contributed by atoms with E-state index in [0.717, 1.165) is 12.8 Å². The van der Waals surface area contributed by atoms with Crippen LogP contribution in [0.3, 0.4) is 0 Å². The Balaban J connectivity index is 1.89. The molecule has 3 nitrogen and oxygen atoms in total. The maximum atomic E-state index is 4.81. The summed E-state index contributed by atoms with van der Waals surface area (Å²) in [5.41, 5.74) is 1.56. The van der Waals surface area contributed by atoms with Gasteiger partial charge < -0.3 is 5.32 Å². The molecule has 1 aromatic heterocycles. The molecule has 1 heterocycles. The molecule has 0 bridgehead atoms. The lowest BCUT2D eigenvalue weighted by Gasteiger charge is -2.30. The van der Waals surface area contributed by atoms with Gasteiger partial charge in [0.2, 0.25) is 0 Å². The molecule has 3 heteroatoms. The van der Waals surface area contributed by atoms with Crippen molar-refractivity contribution in [2.24, 2.45) is 5.41 Å². The summed E-state index contributed by atoms with van der Waals surface area (Å²) in [6.45, 7) is 6.90. The number of aromatic nitrogens is 2. The first-order valence-electron chi connectivity index (χ1n) is 8.22. The number of rotatable bonds is 5. The monoisotopic (exact) mass is 277 g/mol. The first kappa shape index (κ1) is 15.6. The Kier molecular flexibility index (Phi) is 5.25. The number of nitrogens with one attached hydrogen (secondary N) is 1. The van der Waals surface area contributed by atoms with Gasteiger partial charge in [-0.15, -0.1) is 0 Å². The largest absolute Gasteiger partial charge is 0.316 e. The van der Waals surface area contributed by atoms with Crippen LogP contribution in [-0.4, -0.2) is 22.9 Å². The van der Waals surface area contributed by atoms with Crippen LogP contribution in [-0.2, 0) is 6.42 Å². The molecule has 0 aliphatic heterocycles. The molecule has 1 saturated carbocycles. The Morgan fingerprint density at radius 3 is 2.60 bits per heavy atom. The SMILES string of the molecule is CNC(CCc1ccn(C2CCCCC2)n1)C(C)(C)C. The van der Waals surface area contributed by atoms with Gasteiger partial charge in [-0.05, 0) is 44.2 Å². The molecule has 114 valence electrons. The van der Waals surface area contributed by atoms with Crippen LogP contribution in [0.25, 0.3) is 0 Å². The first-order chi connectivity index (χ1) is 9.50. The molecule has 1 aliphatic carbocycles. The molecule has 20 heavy (non-hydrogen) atoms. The average molecular weight is 277 g/mol. The van der Waals surface area contributed by atoms with Crippen LogP contribution in [0.15, 0.2) is 12.3 Å². The van der Waals surface area contributed by atoms with Crippen molar-refractivity contribution >= 4 is 0 Å². The van der Waals surface area contributed by atoms with Crippen LogP contribution in [0.5, 0.6) is 0 Å². The van der Waals surface area contributed by atoms with E-state index in [1.165, 1.54) is 37.8 Å². The Hall–Kier alpha value is -0.830. The maximum Gasteiger partial charge on any atom is 0.0625 e. The fraction of sp³-hybridized carbons (Fsp3) is 0.824. The van der Waals surface area contributed by atoms with Crippen LogP contribution >= 0.6 is 0 Å². The van der Waals surface area contributed by atoms with Gasteiger partial charge in [0.25, 0.3) is 0 Å². The number of hydrogen-bond acceptors (Lipinski definition) is 2. The van der Waals surface area contributed by atoms with Gasteiger partial charge in [0.1, 0.15) is 0 Å². The summed E-state index contributed by atoms with van der Waals surface area (Å²) in [6, 6.07) is 3.41. The van der Waals surface area contributed by atoms with E-state index in [0.29, 0.717) is 17.5 Å². The predicted molar refractivity (Wildman–Crippen MR) is 85.0 cm³/mol. The van der Waals surface area contributed by atoms with Gasteiger partial charge in [-0.25, -0.2) is 0 Å². The Bertz CT molecular complexity index is 397. The Labute approximate surface area is 124 Å². The fourth-order valence-electron chi connectivity index (χ4n) is 3.36. The molecule has 2 rings (SSSR count). The van der Waals surface area contributed by atoms with Crippen molar-refractivity contribution in [1.29, 1.82) is 0 Å². The van der Waals surface area contributed by atoms with Crippen molar-refractivity contribution < 1.29 is 0 Å². The lowest BCUT2D eigenvalue weighted by atomic mass is 9.84. The van der Waals surface area contributed by atoms with E-state index in [4.69, 9.17) is 5.10 Å². The highest BCUT2D eigenvalue weighted by atomic mass is 15.3. The van der Waals surface area contributed by atoms with Gasteiger partial charge in [-0.3, -0.25) is 4.68 Å². The van der Waals surface area contributed by atoms with E-state index in [1.54, 1.807) is 0 Å². The molecule has 1 aromatic rings. The third-order valence-electron chi connectivity index (χ3n) is 4.70. The summed E-state index contributed by atoms with van der Waals surface area (Å²) in [7, 11) is 2.07. The summed E-state index contributed by atoms with van der Waals surface area (Å²) >= 11 is 0. The summed E-state index contributed by atoms with van der Waals surface area (Å²) in [6.07, 6.45) is 11.2. The topological polar surface area (TPSA) is 29.9 Å². The predicted octanol–water partition coefficient (Wildman–Crippen LogP) is 3.96. The lowest BCUT2D eigenvalue weighted by Crippen LogP contribution is -2.38. The normalized spacial score (nSPS) is 19.2. The molecule has 1 fully saturated rings. The van der Waals surface area contributed by atoms with Gasteiger partial charge >= 0.3 is 0 Å². The zero-order valence-electron chi connectivity index (χ0n) is 13.7.